The van der Waals surface area contributed by atoms with E-state index in [1.54, 1.807) is 0 Å². The van der Waals surface area contributed by atoms with E-state index in [0.29, 0.717) is 0 Å². The first-order valence-corrected chi connectivity index (χ1v) is 6.45. The second-order valence-electron chi connectivity index (χ2n) is 4.19. The summed E-state index contributed by atoms with van der Waals surface area (Å²) in [6, 6.07) is 2.59. The maximum absolute atomic E-state index is 12.6. The number of nitrogens with two attached hydrogens (primary N) is 3. The Kier molecular flexibility index (Phi) is 7.96. The molecule has 0 aromatic carbocycles. The van der Waals surface area contributed by atoms with Crippen LogP contribution in [0.1, 0.15) is 37.9 Å². The van der Waals surface area contributed by atoms with Crippen molar-refractivity contribution in [2.24, 2.45) is 17.2 Å². The van der Waals surface area contributed by atoms with Crippen LogP contribution < -0.4 is 17.2 Å². The Labute approximate surface area is 122 Å². The van der Waals surface area contributed by atoms with Crippen molar-refractivity contribution in [3.05, 3.63) is 47.6 Å². The molecule has 0 bridgehead atoms. The zero-order chi connectivity index (χ0) is 16.5. The van der Waals surface area contributed by atoms with Crippen LogP contribution in [0.5, 0.6) is 0 Å². The van der Waals surface area contributed by atoms with Gasteiger partial charge in [-0.15, -0.1) is 0 Å². The highest BCUT2D eigenvalue weighted by molar-refractivity contribution is 5.66. The lowest BCUT2D eigenvalue weighted by Crippen LogP contribution is -2.13. The number of unbranched alkanes of at least 4 members (excludes halogenated alkanes) is 1. The van der Waals surface area contributed by atoms with Crippen LogP contribution in [0.25, 0.3) is 5.70 Å². The maximum atomic E-state index is 12.6. The van der Waals surface area contributed by atoms with E-state index in [1.807, 2.05) is 0 Å². The minimum Gasteiger partial charge on any atom is -0.398 e. The summed E-state index contributed by atoms with van der Waals surface area (Å²) >= 11 is 0. The topological polar surface area (TPSA) is 91.0 Å². The summed E-state index contributed by atoms with van der Waals surface area (Å²) in [6.45, 7) is 4.36. The van der Waals surface area contributed by atoms with Crippen molar-refractivity contribution in [2.75, 3.05) is 0 Å². The monoisotopic (exact) mass is 302 g/mol. The van der Waals surface area contributed by atoms with Gasteiger partial charge in [-0.05, 0) is 24.3 Å². The van der Waals surface area contributed by atoms with Crippen LogP contribution in [0.15, 0.2) is 36.3 Å². The average molecular weight is 302 g/mol. The Morgan fingerprint density at radius 1 is 1.14 bits per heavy atom. The third-order valence-electron chi connectivity index (χ3n) is 2.34. The second-order valence-corrected chi connectivity index (χ2v) is 4.19. The van der Waals surface area contributed by atoms with E-state index in [9.17, 15) is 13.2 Å². The molecule has 1 aromatic rings. The normalized spacial score (nSPS) is 11.4. The molecule has 1 aromatic heterocycles. The average Bonchev–Trinajstić information content (AvgIpc) is 2.44. The van der Waals surface area contributed by atoms with E-state index in [2.05, 4.69) is 18.8 Å². The molecule has 6 N–H and O–H groups in total. The molecular formula is C14H21F3N4. The highest BCUT2D eigenvalue weighted by atomic mass is 19.4. The Morgan fingerprint density at radius 2 is 1.71 bits per heavy atom. The molecule has 0 saturated carbocycles. The largest absolute Gasteiger partial charge is 0.434 e. The molecule has 0 saturated heterocycles. The van der Waals surface area contributed by atoms with Gasteiger partial charge in [0.15, 0.2) is 5.69 Å². The van der Waals surface area contributed by atoms with Crippen molar-refractivity contribution in [1.82, 2.24) is 4.98 Å². The number of rotatable bonds is 3. The number of hydrogen-bond acceptors (Lipinski definition) is 4. The van der Waals surface area contributed by atoms with Crippen molar-refractivity contribution in [1.29, 1.82) is 0 Å². The van der Waals surface area contributed by atoms with E-state index in [4.69, 9.17) is 17.2 Å². The van der Waals surface area contributed by atoms with Crippen LogP contribution in [0.3, 0.4) is 0 Å². The summed E-state index contributed by atoms with van der Waals surface area (Å²) in [6.07, 6.45) is 1.53. The van der Waals surface area contributed by atoms with E-state index in [0.717, 1.165) is 6.20 Å². The first-order chi connectivity index (χ1) is 9.73. The summed E-state index contributed by atoms with van der Waals surface area (Å²) in [5, 5.41) is 0. The molecule has 0 aliphatic carbocycles. The number of allylic oxidation sites excluding steroid dienone is 2. The Morgan fingerprint density at radius 3 is 2.14 bits per heavy atom. The maximum Gasteiger partial charge on any atom is 0.434 e. The molecule has 0 spiro atoms. The highest BCUT2D eigenvalue weighted by Crippen LogP contribution is 2.31. The van der Waals surface area contributed by atoms with E-state index in [-0.39, 0.29) is 17.1 Å². The van der Waals surface area contributed by atoms with Gasteiger partial charge in [0.25, 0.3) is 0 Å². The predicted molar refractivity (Wildman–Crippen MR) is 78.4 cm³/mol. The first-order valence-electron chi connectivity index (χ1n) is 6.45. The molecule has 0 radical (unpaired) electrons. The third kappa shape index (κ3) is 7.24. The van der Waals surface area contributed by atoms with Crippen LogP contribution in [0.2, 0.25) is 0 Å². The number of aromatic nitrogens is 1. The van der Waals surface area contributed by atoms with Crippen molar-refractivity contribution >= 4 is 5.70 Å². The molecule has 0 amide bonds. The lowest BCUT2D eigenvalue weighted by molar-refractivity contribution is -0.141. The van der Waals surface area contributed by atoms with Gasteiger partial charge in [-0.3, -0.25) is 4.98 Å². The van der Waals surface area contributed by atoms with Gasteiger partial charge in [0.1, 0.15) is 0 Å². The molecule has 1 heterocycles. The number of halogens is 3. The highest BCUT2D eigenvalue weighted by Gasteiger charge is 2.35. The zero-order valence-electron chi connectivity index (χ0n) is 12.1. The molecule has 0 atom stereocenters. The van der Waals surface area contributed by atoms with Crippen LogP contribution >= 0.6 is 0 Å². The molecular weight excluding hydrogens is 281 g/mol. The minimum absolute atomic E-state index is 0.0506. The number of alkyl halides is 3. The van der Waals surface area contributed by atoms with Gasteiger partial charge in [-0.2, -0.15) is 13.2 Å². The summed E-state index contributed by atoms with van der Waals surface area (Å²) in [7, 11) is 0. The Balaban J connectivity index is 0.000000885. The summed E-state index contributed by atoms with van der Waals surface area (Å²) in [4.78, 5) is 3.27. The molecule has 0 aliphatic heterocycles. The van der Waals surface area contributed by atoms with Gasteiger partial charge >= 0.3 is 6.18 Å². The molecule has 0 fully saturated rings. The lowest BCUT2D eigenvalue weighted by atomic mass is 10.1. The predicted octanol–water partition coefficient (Wildman–Crippen LogP) is 2.97. The smallest absolute Gasteiger partial charge is 0.398 e. The lowest BCUT2D eigenvalue weighted by Gasteiger charge is -2.11. The molecule has 1 rings (SSSR count). The molecule has 0 unspecified atom stereocenters. The van der Waals surface area contributed by atoms with Crippen molar-refractivity contribution < 1.29 is 13.2 Å². The molecule has 7 heteroatoms. The van der Waals surface area contributed by atoms with E-state index < -0.39 is 11.9 Å². The quantitative estimate of drug-likeness (QED) is 0.749. The standard InChI is InChI=1S/C10H11F3N4.C4H10/c11-10(12,13)9-6(2-1-5-17-9)7(14)3-4-8(15)16;1-3-4-2/h1-5H,14-16H2;3-4H2,1-2H3/b7-3-;. The minimum atomic E-state index is -4.56. The van der Waals surface area contributed by atoms with Gasteiger partial charge in [-0.1, -0.05) is 26.7 Å². The van der Waals surface area contributed by atoms with Gasteiger partial charge in [0.05, 0.1) is 5.82 Å². The zero-order valence-corrected chi connectivity index (χ0v) is 12.1. The summed E-state index contributed by atoms with van der Waals surface area (Å²) in [5.41, 5.74) is 14.4. The Hall–Kier alpha value is -2.18. The molecule has 118 valence electrons. The molecule has 21 heavy (non-hydrogen) atoms. The van der Waals surface area contributed by atoms with E-state index >= 15 is 0 Å². The number of pyridine rings is 1. The first kappa shape index (κ1) is 18.8. The van der Waals surface area contributed by atoms with Gasteiger partial charge in [0.2, 0.25) is 0 Å². The molecule has 4 nitrogen and oxygen atoms in total. The Bertz CT molecular complexity index is 487. The fourth-order valence-corrected chi connectivity index (χ4v) is 1.14. The third-order valence-corrected chi connectivity index (χ3v) is 2.34. The van der Waals surface area contributed by atoms with Crippen molar-refractivity contribution in [2.45, 2.75) is 32.9 Å². The fraction of sp³-hybridized carbons (Fsp3) is 0.357. The van der Waals surface area contributed by atoms with Crippen LogP contribution in [-0.4, -0.2) is 4.98 Å². The van der Waals surface area contributed by atoms with Crippen LogP contribution in [0.4, 0.5) is 13.2 Å². The van der Waals surface area contributed by atoms with Gasteiger partial charge in [-0.25, -0.2) is 0 Å². The van der Waals surface area contributed by atoms with Crippen molar-refractivity contribution in [3.8, 4) is 0 Å². The van der Waals surface area contributed by atoms with Gasteiger partial charge < -0.3 is 17.2 Å². The second kappa shape index (κ2) is 8.89. The molecule has 0 aliphatic rings. The SMILES string of the molecule is CCCC.NC(N)=C/C=C(\N)c1cccnc1C(F)(F)F. The summed E-state index contributed by atoms with van der Waals surface area (Å²) in [5.74, 6) is -0.0506. The van der Waals surface area contributed by atoms with Crippen LogP contribution in [-0.2, 0) is 6.18 Å². The van der Waals surface area contributed by atoms with E-state index in [1.165, 1.54) is 37.1 Å². The number of nitrogens with zero attached hydrogens (tertiary/aromatic N) is 1. The summed E-state index contributed by atoms with van der Waals surface area (Å²) < 4.78 is 37.8. The van der Waals surface area contributed by atoms with Crippen LogP contribution in [0, 0.1) is 0 Å². The van der Waals surface area contributed by atoms with Gasteiger partial charge in [0, 0.05) is 17.5 Å². The van der Waals surface area contributed by atoms with Crippen molar-refractivity contribution in [3.63, 3.8) is 0 Å². The number of hydrogen-bond donors (Lipinski definition) is 3. The fourth-order valence-electron chi connectivity index (χ4n) is 1.14.